The molecular formula is C3H8N2O. The predicted octanol–water partition coefficient (Wildman–Crippen LogP) is -0.128. The molecule has 0 amide bonds. The van der Waals surface area contributed by atoms with Gasteiger partial charge in [0, 0.05) is 6.54 Å². The van der Waals surface area contributed by atoms with Gasteiger partial charge in [0.1, 0.15) is 0 Å². The molecule has 2 radical (unpaired) electrons. The van der Waals surface area contributed by atoms with E-state index >= 15 is 0 Å². The molecule has 0 aliphatic carbocycles. The van der Waals surface area contributed by atoms with Crippen LogP contribution in [0, 0.1) is 0 Å². The molecule has 0 spiro atoms. The molecule has 3 heteroatoms. The van der Waals surface area contributed by atoms with Gasteiger partial charge in [0.15, 0.2) is 0 Å². The molecule has 1 atom stereocenters. The standard InChI is InChI=1S/C3H8N2O/c1-3(2-4)6-5/h3-5H,2H2,1H3. The van der Waals surface area contributed by atoms with Crippen molar-refractivity contribution < 1.29 is 4.84 Å². The van der Waals surface area contributed by atoms with Crippen LogP contribution in [0.4, 0.5) is 0 Å². The third-order valence-corrected chi connectivity index (χ3v) is 0.489. The Morgan fingerprint density at radius 3 is 2.33 bits per heavy atom. The Kier molecular flexibility index (Phi) is 3.02. The van der Waals surface area contributed by atoms with Gasteiger partial charge in [-0.3, -0.25) is 10.6 Å². The Balaban J connectivity index is 2.75. The summed E-state index contributed by atoms with van der Waals surface area (Å²) >= 11 is 0. The van der Waals surface area contributed by atoms with Crippen LogP contribution in [0.3, 0.4) is 0 Å². The van der Waals surface area contributed by atoms with E-state index in [0.717, 1.165) is 0 Å². The van der Waals surface area contributed by atoms with Crippen LogP contribution < -0.4 is 11.6 Å². The van der Waals surface area contributed by atoms with Gasteiger partial charge in [-0.05, 0) is 6.92 Å². The molecule has 0 saturated heterocycles. The van der Waals surface area contributed by atoms with E-state index in [2.05, 4.69) is 4.84 Å². The summed E-state index contributed by atoms with van der Waals surface area (Å²) in [6.45, 7) is 1.85. The second-order valence-electron chi connectivity index (χ2n) is 1.13. The predicted molar refractivity (Wildman–Crippen MR) is 21.6 cm³/mol. The van der Waals surface area contributed by atoms with Crippen LogP contribution in [0.15, 0.2) is 0 Å². The Morgan fingerprint density at radius 2 is 2.33 bits per heavy atom. The highest BCUT2D eigenvalue weighted by Gasteiger charge is 1.91. The summed E-state index contributed by atoms with van der Waals surface area (Å²) in [5, 5.41) is 0. The molecule has 3 nitrogen and oxygen atoms in total. The van der Waals surface area contributed by atoms with Gasteiger partial charge >= 0.3 is 0 Å². The Hall–Kier alpha value is -0.120. The zero-order chi connectivity index (χ0) is 4.99. The van der Waals surface area contributed by atoms with Gasteiger partial charge in [0.05, 0.1) is 6.10 Å². The first-order valence-electron chi connectivity index (χ1n) is 1.78. The zero-order valence-corrected chi connectivity index (χ0v) is 3.69. The summed E-state index contributed by atoms with van der Waals surface area (Å²) in [6, 6.07) is 0. The van der Waals surface area contributed by atoms with Crippen molar-refractivity contribution in [1.82, 2.24) is 11.6 Å². The molecule has 0 bridgehead atoms. The maximum Gasteiger partial charge on any atom is 0.0917 e. The minimum Gasteiger partial charge on any atom is -0.281 e. The molecule has 0 aromatic carbocycles. The maximum atomic E-state index is 6.56. The summed E-state index contributed by atoms with van der Waals surface area (Å²) in [6.07, 6.45) is -0.231. The Labute approximate surface area is 37.2 Å². The highest BCUT2D eigenvalue weighted by molar-refractivity contribution is 4.42. The molecule has 6 heavy (non-hydrogen) atoms. The van der Waals surface area contributed by atoms with Gasteiger partial charge in [-0.25, -0.2) is 0 Å². The van der Waals surface area contributed by atoms with Gasteiger partial charge in [-0.1, -0.05) is 0 Å². The summed E-state index contributed by atoms with van der Waals surface area (Å²) in [7, 11) is 0. The fraction of sp³-hybridized carbons (Fsp3) is 1.00. The largest absolute Gasteiger partial charge is 0.281 e. The molecule has 0 rings (SSSR count). The van der Waals surface area contributed by atoms with Crippen molar-refractivity contribution >= 4 is 0 Å². The van der Waals surface area contributed by atoms with Crippen molar-refractivity contribution in [2.75, 3.05) is 6.54 Å². The van der Waals surface area contributed by atoms with Crippen LogP contribution in [0.1, 0.15) is 6.92 Å². The SMILES string of the molecule is CC(C[NH])O[NH]. The summed E-state index contributed by atoms with van der Waals surface area (Å²) in [4.78, 5) is 3.96. The quantitative estimate of drug-likeness (QED) is 0.434. The summed E-state index contributed by atoms with van der Waals surface area (Å²) in [5.74, 6) is 6.19. The first-order chi connectivity index (χ1) is 2.81. The lowest BCUT2D eigenvalue weighted by atomic mass is 10.4. The number of rotatable bonds is 2. The second-order valence-corrected chi connectivity index (χ2v) is 1.13. The summed E-state index contributed by atoms with van der Waals surface area (Å²) < 4.78 is 0. The molecule has 0 aliphatic rings. The molecular weight excluding hydrogens is 80.0 g/mol. The van der Waals surface area contributed by atoms with Gasteiger partial charge < -0.3 is 0 Å². The van der Waals surface area contributed by atoms with Gasteiger partial charge in [-0.2, -0.15) is 0 Å². The van der Waals surface area contributed by atoms with E-state index in [1.54, 1.807) is 6.92 Å². The van der Waals surface area contributed by atoms with Crippen LogP contribution in [0.25, 0.3) is 0 Å². The van der Waals surface area contributed by atoms with Crippen LogP contribution in [-0.2, 0) is 4.84 Å². The van der Waals surface area contributed by atoms with E-state index in [9.17, 15) is 0 Å². The average Bonchev–Trinajstić information content (AvgIpc) is 1.65. The number of hydrogen-bond acceptors (Lipinski definition) is 1. The normalized spacial score (nSPS) is 14.5. The first-order valence-corrected chi connectivity index (χ1v) is 1.78. The minimum absolute atomic E-state index is 0.170. The average molecular weight is 88.1 g/mol. The topological polar surface area (TPSA) is 56.8 Å². The van der Waals surface area contributed by atoms with Crippen molar-refractivity contribution in [2.24, 2.45) is 0 Å². The summed E-state index contributed by atoms with van der Waals surface area (Å²) in [5.41, 5.74) is 6.56. The number of hydrogen-bond donors (Lipinski definition) is 0. The molecule has 0 aromatic heterocycles. The number of nitrogens with one attached hydrogen (secondary N) is 2. The molecule has 0 saturated carbocycles. The minimum atomic E-state index is -0.231. The van der Waals surface area contributed by atoms with E-state index in [0.29, 0.717) is 0 Å². The monoisotopic (exact) mass is 88.1 g/mol. The third kappa shape index (κ3) is 2.14. The molecule has 1 unspecified atom stereocenters. The lowest BCUT2D eigenvalue weighted by Crippen LogP contribution is -2.11. The van der Waals surface area contributed by atoms with E-state index < -0.39 is 0 Å². The van der Waals surface area contributed by atoms with Crippen LogP contribution in [0.2, 0.25) is 0 Å². The van der Waals surface area contributed by atoms with Gasteiger partial charge in [0.2, 0.25) is 0 Å². The van der Waals surface area contributed by atoms with Crippen molar-refractivity contribution in [1.29, 1.82) is 0 Å². The van der Waals surface area contributed by atoms with Crippen molar-refractivity contribution in [2.45, 2.75) is 13.0 Å². The van der Waals surface area contributed by atoms with Gasteiger partial charge in [0.25, 0.3) is 0 Å². The molecule has 0 aliphatic heterocycles. The van der Waals surface area contributed by atoms with Crippen molar-refractivity contribution in [3.05, 3.63) is 0 Å². The van der Waals surface area contributed by atoms with Crippen LogP contribution in [-0.4, -0.2) is 12.6 Å². The van der Waals surface area contributed by atoms with Crippen molar-refractivity contribution in [3.8, 4) is 0 Å². The molecule has 0 aromatic rings. The zero-order valence-electron chi connectivity index (χ0n) is 3.69. The molecule has 0 fully saturated rings. The lowest BCUT2D eigenvalue weighted by Gasteiger charge is -1.98. The van der Waals surface area contributed by atoms with E-state index in [1.807, 2.05) is 0 Å². The van der Waals surface area contributed by atoms with Gasteiger partial charge in [-0.15, -0.1) is 5.90 Å². The van der Waals surface area contributed by atoms with Crippen molar-refractivity contribution in [3.63, 3.8) is 0 Å². The smallest absolute Gasteiger partial charge is 0.0917 e. The van der Waals surface area contributed by atoms with E-state index in [4.69, 9.17) is 11.6 Å². The highest BCUT2D eigenvalue weighted by Crippen LogP contribution is 1.78. The van der Waals surface area contributed by atoms with E-state index in [1.165, 1.54) is 0 Å². The first kappa shape index (κ1) is 5.88. The fourth-order valence-electron chi connectivity index (χ4n) is 0.0417. The highest BCUT2D eigenvalue weighted by atomic mass is 16.6. The molecule has 0 heterocycles. The van der Waals surface area contributed by atoms with E-state index in [-0.39, 0.29) is 12.6 Å². The third-order valence-electron chi connectivity index (χ3n) is 0.489. The maximum absolute atomic E-state index is 6.56. The Bertz CT molecular complexity index is 28.0. The fourth-order valence-corrected chi connectivity index (χ4v) is 0.0417. The Morgan fingerprint density at radius 1 is 1.83 bits per heavy atom. The molecule has 36 valence electrons. The lowest BCUT2D eigenvalue weighted by molar-refractivity contribution is 0.0547. The van der Waals surface area contributed by atoms with Crippen LogP contribution >= 0.6 is 0 Å². The molecule has 2 N–H and O–H groups in total. The second kappa shape index (κ2) is 3.08. The van der Waals surface area contributed by atoms with Crippen LogP contribution in [0.5, 0.6) is 0 Å².